The van der Waals surface area contributed by atoms with Gasteiger partial charge >= 0.3 is 0 Å². The Morgan fingerprint density at radius 3 is 2.59 bits per heavy atom. The van der Waals surface area contributed by atoms with Crippen LogP contribution in [0.25, 0.3) is 0 Å². The van der Waals surface area contributed by atoms with Crippen LogP contribution in [0, 0.1) is 12.8 Å². The number of hydrogen-bond donors (Lipinski definition) is 1. The summed E-state index contributed by atoms with van der Waals surface area (Å²) < 4.78 is 27.7. The van der Waals surface area contributed by atoms with Crippen molar-refractivity contribution in [3.05, 3.63) is 29.3 Å². The molecule has 0 aromatic heterocycles. The van der Waals surface area contributed by atoms with Gasteiger partial charge in [0.1, 0.15) is 0 Å². The first-order chi connectivity index (χ1) is 13.8. The number of piperidine rings is 2. The first-order valence-corrected chi connectivity index (χ1v) is 12.4. The molecule has 2 unspecified atom stereocenters. The first kappa shape index (κ1) is 22.2. The second-order valence-electron chi connectivity index (χ2n) is 8.83. The largest absolute Gasteiger partial charge is 0.348 e. The van der Waals surface area contributed by atoms with E-state index in [-0.39, 0.29) is 16.8 Å². The number of aryl methyl sites for hydroxylation is 1. The van der Waals surface area contributed by atoms with Crippen LogP contribution in [0.1, 0.15) is 61.9 Å². The smallest absolute Gasteiger partial charge is 0.251 e. The zero-order chi connectivity index (χ0) is 21.0. The summed E-state index contributed by atoms with van der Waals surface area (Å²) in [6.07, 6.45) is 5.34. The highest BCUT2D eigenvalue weighted by atomic mass is 32.2. The number of sulfonamides is 1. The van der Waals surface area contributed by atoms with Crippen molar-refractivity contribution in [1.82, 2.24) is 14.5 Å². The molecule has 0 bridgehead atoms. The Hall–Kier alpha value is -1.44. The van der Waals surface area contributed by atoms with E-state index in [0.717, 1.165) is 38.9 Å². The van der Waals surface area contributed by atoms with Gasteiger partial charge in [-0.2, -0.15) is 4.31 Å². The Balaban J connectivity index is 1.68. The summed E-state index contributed by atoms with van der Waals surface area (Å²) in [6.45, 7) is 10.2. The lowest BCUT2D eigenvalue weighted by atomic mass is 10.00. The molecule has 2 saturated heterocycles. The zero-order valence-electron chi connectivity index (χ0n) is 18.0. The summed E-state index contributed by atoms with van der Waals surface area (Å²) in [5, 5.41) is 3.05. The lowest BCUT2D eigenvalue weighted by molar-refractivity contribution is 0.0919. The fourth-order valence-electron chi connectivity index (χ4n) is 4.46. The Morgan fingerprint density at radius 1 is 1.17 bits per heavy atom. The summed E-state index contributed by atoms with van der Waals surface area (Å²) in [7, 11) is -3.56. The van der Waals surface area contributed by atoms with E-state index in [2.05, 4.69) is 17.1 Å². The van der Waals surface area contributed by atoms with Gasteiger partial charge in [0.25, 0.3) is 5.91 Å². The Kier molecular flexibility index (Phi) is 7.35. The van der Waals surface area contributed by atoms with Crippen LogP contribution in [-0.2, 0) is 10.0 Å². The average molecular weight is 422 g/mol. The lowest BCUT2D eigenvalue weighted by Gasteiger charge is -2.32. The third-order valence-electron chi connectivity index (χ3n) is 6.03. The van der Waals surface area contributed by atoms with Crippen molar-refractivity contribution in [2.24, 2.45) is 5.92 Å². The van der Waals surface area contributed by atoms with Crippen molar-refractivity contribution < 1.29 is 13.2 Å². The van der Waals surface area contributed by atoms with Crippen molar-refractivity contribution in [3.8, 4) is 0 Å². The molecule has 0 spiro atoms. The summed E-state index contributed by atoms with van der Waals surface area (Å²) >= 11 is 0. The van der Waals surface area contributed by atoms with E-state index in [1.807, 2.05) is 6.92 Å². The Morgan fingerprint density at radius 2 is 1.90 bits per heavy atom. The topological polar surface area (TPSA) is 69.7 Å². The maximum atomic E-state index is 13.1. The van der Waals surface area contributed by atoms with E-state index in [1.165, 1.54) is 12.8 Å². The minimum atomic E-state index is -3.56. The molecular weight excluding hydrogens is 386 g/mol. The first-order valence-electron chi connectivity index (χ1n) is 10.9. The van der Waals surface area contributed by atoms with Gasteiger partial charge in [-0.1, -0.05) is 19.4 Å². The molecule has 2 aliphatic rings. The van der Waals surface area contributed by atoms with Crippen LogP contribution in [0.2, 0.25) is 0 Å². The number of carbonyl (C=O) groups is 1. The molecule has 6 nitrogen and oxygen atoms in total. The van der Waals surface area contributed by atoms with Gasteiger partial charge in [0.15, 0.2) is 0 Å². The summed E-state index contributed by atoms with van der Waals surface area (Å²) in [4.78, 5) is 15.4. The molecule has 1 aromatic rings. The fourth-order valence-corrected chi connectivity index (χ4v) is 6.22. The molecule has 0 radical (unpaired) electrons. The summed E-state index contributed by atoms with van der Waals surface area (Å²) in [5.41, 5.74) is 1.09. The van der Waals surface area contributed by atoms with Crippen LogP contribution in [0.15, 0.2) is 23.1 Å². The lowest BCUT2D eigenvalue weighted by Crippen LogP contribution is -2.45. The number of benzene rings is 1. The SMILES string of the molecule is Cc1ccc(C(=O)NC(C)CN2CCCC(C)C2)cc1S(=O)(=O)N1CCCCC1. The Labute approximate surface area is 175 Å². The number of likely N-dealkylation sites (tertiary alicyclic amines) is 1. The van der Waals surface area contributed by atoms with Gasteiger partial charge in [-0.3, -0.25) is 4.79 Å². The van der Waals surface area contributed by atoms with Gasteiger partial charge in [0, 0.05) is 37.8 Å². The molecule has 2 heterocycles. The normalized spacial score (nSPS) is 22.9. The van der Waals surface area contributed by atoms with Crippen LogP contribution < -0.4 is 5.32 Å². The van der Waals surface area contributed by atoms with Crippen LogP contribution in [0.3, 0.4) is 0 Å². The van der Waals surface area contributed by atoms with E-state index in [9.17, 15) is 13.2 Å². The highest BCUT2D eigenvalue weighted by molar-refractivity contribution is 7.89. The van der Waals surface area contributed by atoms with Gasteiger partial charge in [-0.15, -0.1) is 0 Å². The number of hydrogen-bond acceptors (Lipinski definition) is 4. The molecule has 2 fully saturated rings. The van der Waals surface area contributed by atoms with Crippen molar-refractivity contribution in [2.45, 2.75) is 63.8 Å². The van der Waals surface area contributed by atoms with Crippen molar-refractivity contribution in [3.63, 3.8) is 0 Å². The maximum absolute atomic E-state index is 13.1. The number of rotatable bonds is 6. The molecule has 0 saturated carbocycles. The predicted molar refractivity (Wildman–Crippen MR) is 116 cm³/mol. The molecule has 2 aliphatic heterocycles. The molecular formula is C22H35N3O3S. The van der Waals surface area contributed by atoms with Crippen molar-refractivity contribution >= 4 is 15.9 Å². The Bertz CT molecular complexity index is 819. The summed E-state index contributed by atoms with van der Waals surface area (Å²) in [5.74, 6) is 0.490. The maximum Gasteiger partial charge on any atom is 0.251 e. The van der Waals surface area contributed by atoms with E-state index >= 15 is 0 Å². The molecule has 1 N–H and O–H groups in total. The van der Waals surface area contributed by atoms with Crippen molar-refractivity contribution in [2.75, 3.05) is 32.7 Å². The van der Waals surface area contributed by atoms with E-state index in [1.54, 1.807) is 29.4 Å². The molecule has 1 amide bonds. The summed E-state index contributed by atoms with van der Waals surface area (Å²) in [6, 6.07) is 5.01. The molecule has 3 rings (SSSR count). The second-order valence-corrected chi connectivity index (χ2v) is 10.7. The van der Waals surface area contributed by atoms with Gasteiger partial charge in [0.05, 0.1) is 4.90 Å². The van der Waals surface area contributed by atoms with Gasteiger partial charge in [-0.05, 0) is 69.7 Å². The molecule has 0 aliphatic carbocycles. The minimum absolute atomic E-state index is 0.0104. The second kappa shape index (κ2) is 9.58. The highest BCUT2D eigenvalue weighted by Gasteiger charge is 2.28. The molecule has 29 heavy (non-hydrogen) atoms. The standard InChI is InChI=1S/C22H35N3O3S/c1-17-8-7-11-24(15-17)16-19(3)23-22(26)20-10-9-18(2)21(14-20)29(27,28)25-12-5-4-6-13-25/h9-10,14,17,19H,4-8,11-13,15-16H2,1-3H3,(H,23,26). The number of carbonyl (C=O) groups excluding carboxylic acids is 1. The quantitative estimate of drug-likeness (QED) is 0.767. The van der Waals surface area contributed by atoms with Gasteiger partial charge < -0.3 is 10.2 Å². The van der Waals surface area contributed by atoms with Crippen LogP contribution in [0.4, 0.5) is 0 Å². The number of nitrogens with one attached hydrogen (secondary N) is 1. The molecule has 2 atom stereocenters. The van der Waals surface area contributed by atoms with Crippen LogP contribution >= 0.6 is 0 Å². The van der Waals surface area contributed by atoms with E-state index in [0.29, 0.717) is 30.1 Å². The van der Waals surface area contributed by atoms with Crippen molar-refractivity contribution in [1.29, 1.82) is 0 Å². The zero-order valence-corrected chi connectivity index (χ0v) is 18.8. The van der Waals surface area contributed by atoms with Gasteiger partial charge in [0.2, 0.25) is 10.0 Å². The van der Waals surface area contributed by atoms with Crippen LogP contribution in [-0.4, -0.2) is 62.3 Å². The third kappa shape index (κ3) is 5.58. The van der Waals surface area contributed by atoms with Crippen LogP contribution in [0.5, 0.6) is 0 Å². The molecule has 7 heteroatoms. The van der Waals surface area contributed by atoms with E-state index in [4.69, 9.17) is 0 Å². The molecule has 162 valence electrons. The average Bonchev–Trinajstić information content (AvgIpc) is 2.68. The minimum Gasteiger partial charge on any atom is -0.348 e. The number of nitrogens with zero attached hydrogens (tertiary/aromatic N) is 2. The van der Waals surface area contributed by atoms with Gasteiger partial charge in [-0.25, -0.2) is 8.42 Å². The van der Waals surface area contributed by atoms with E-state index < -0.39 is 10.0 Å². The molecule has 1 aromatic carbocycles. The predicted octanol–water partition coefficient (Wildman–Crippen LogP) is 3.02. The monoisotopic (exact) mass is 421 g/mol. The fraction of sp³-hybridized carbons (Fsp3) is 0.682. The third-order valence-corrected chi connectivity index (χ3v) is 8.07. The number of amides is 1. The highest BCUT2D eigenvalue weighted by Crippen LogP contribution is 2.24.